The van der Waals surface area contributed by atoms with E-state index in [0.29, 0.717) is 39.7 Å². The maximum absolute atomic E-state index is 13.6. The first-order valence-corrected chi connectivity index (χ1v) is 13.3. The summed E-state index contributed by atoms with van der Waals surface area (Å²) >= 11 is 1.48. The minimum atomic E-state index is -0.898. The second-order valence-electron chi connectivity index (χ2n) is 9.53. The normalized spacial score (nSPS) is 16.6. The highest BCUT2D eigenvalue weighted by molar-refractivity contribution is 7.09. The Balaban J connectivity index is 2.00. The first-order chi connectivity index (χ1) is 18.7. The number of Topliss-reactive ketones (excluding diaryl/α,β-unsaturated/α-hetero) is 1. The summed E-state index contributed by atoms with van der Waals surface area (Å²) in [6.07, 6.45) is 0. The van der Waals surface area contributed by atoms with Crippen LogP contribution in [0.1, 0.15) is 52.9 Å². The lowest BCUT2D eigenvalue weighted by Gasteiger charge is -2.26. The van der Waals surface area contributed by atoms with E-state index in [9.17, 15) is 14.7 Å². The van der Waals surface area contributed by atoms with Crippen molar-refractivity contribution in [3.63, 3.8) is 0 Å². The highest BCUT2D eigenvalue weighted by atomic mass is 32.1. The van der Waals surface area contributed by atoms with E-state index in [1.165, 1.54) is 37.6 Å². The van der Waals surface area contributed by atoms with Gasteiger partial charge in [0.2, 0.25) is 5.75 Å². The number of thiophene rings is 1. The van der Waals surface area contributed by atoms with Crippen LogP contribution >= 0.6 is 11.3 Å². The predicted molar refractivity (Wildman–Crippen MR) is 150 cm³/mol. The number of ether oxygens (including phenoxy) is 4. The monoisotopic (exact) mass is 551 g/mol. The van der Waals surface area contributed by atoms with Crippen LogP contribution < -0.4 is 18.9 Å². The number of aliphatic hydroxyl groups is 1. The van der Waals surface area contributed by atoms with Crippen LogP contribution in [-0.4, -0.2) is 50.1 Å². The molecule has 1 saturated heterocycles. The van der Waals surface area contributed by atoms with E-state index in [0.717, 1.165) is 10.4 Å². The average Bonchev–Trinajstić information content (AvgIpc) is 3.53. The number of methoxy groups -OCH3 is 4. The molecule has 4 rings (SSSR count). The van der Waals surface area contributed by atoms with Crippen molar-refractivity contribution in [3.8, 4) is 23.0 Å². The van der Waals surface area contributed by atoms with Gasteiger partial charge in [-0.25, -0.2) is 0 Å². The third-order valence-corrected chi connectivity index (χ3v) is 7.76. The van der Waals surface area contributed by atoms with Gasteiger partial charge in [0.1, 0.15) is 11.5 Å². The number of aryl methyl sites for hydroxylation is 1. The first kappa shape index (κ1) is 28.0. The van der Waals surface area contributed by atoms with Crippen LogP contribution in [0.2, 0.25) is 0 Å². The van der Waals surface area contributed by atoms with Crippen molar-refractivity contribution in [2.75, 3.05) is 28.4 Å². The Morgan fingerprint density at radius 2 is 1.62 bits per heavy atom. The van der Waals surface area contributed by atoms with Gasteiger partial charge in [-0.2, -0.15) is 0 Å². The predicted octanol–water partition coefficient (Wildman–Crippen LogP) is 5.84. The molecule has 3 aromatic rings. The Labute approximate surface area is 232 Å². The highest BCUT2D eigenvalue weighted by Crippen LogP contribution is 2.47. The first-order valence-electron chi connectivity index (χ1n) is 12.5. The molecule has 2 heterocycles. The SMILES string of the molecule is COc1cc(C)c(/C(O)=C2\C(=O)C(=O)N(Cc3cccs3)C2c2cc(OC)c(OC)c(OC)c2)cc1C(C)C. The second kappa shape index (κ2) is 11.4. The summed E-state index contributed by atoms with van der Waals surface area (Å²) in [7, 11) is 6.10. The zero-order chi connectivity index (χ0) is 28.4. The Hall–Kier alpha value is -3.98. The molecule has 0 spiro atoms. The van der Waals surface area contributed by atoms with E-state index in [4.69, 9.17) is 18.9 Å². The van der Waals surface area contributed by atoms with Crippen LogP contribution in [0.3, 0.4) is 0 Å². The van der Waals surface area contributed by atoms with Gasteiger partial charge in [0.15, 0.2) is 11.5 Å². The zero-order valence-electron chi connectivity index (χ0n) is 23.2. The Bertz CT molecular complexity index is 1400. The molecule has 1 aliphatic heterocycles. The van der Waals surface area contributed by atoms with Gasteiger partial charge in [0.25, 0.3) is 11.7 Å². The Morgan fingerprint density at radius 1 is 0.974 bits per heavy atom. The standard InChI is InChI=1S/C30H33NO7S/c1-16(2)20-14-21(17(3)11-22(20)35-4)27(32)25-26(18-12-23(36-5)29(38-7)24(13-18)37-6)31(30(34)28(25)33)15-19-9-8-10-39-19/h8-14,16,26,32H,15H2,1-7H3/b27-25+. The molecule has 39 heavy (non-hydrogen) atoms. The van der Waals surface area contributed by atoms with Crippen molar-refractivity contribution in [1.82, 2.24) is 4.90 Å². The molecule has 206 valence electrons. The number of hydrogen-bond acceptors (Lipinski definition) is 8. The maximum Gasteiger partial charge on any atom is 0.295 e. The molecule has 0 radical (unpaired) electrons. The Morgan fingerprint density at radius 3 is 2.13 bits per heavy atom. The van der Waals surface area contributed by atoms with Crippen LogP contribution in [0.4, 0.5) is 0 Å². The minimum absolute atomic E-state index is 0.00574. The molecule has 8 nitrogen and oxygen atoms in total. The molecule has 1 unspecified atom stereocenters. The third-order valence-electron chi connectivity index (χ3n) is 6.90. The van der Waals surface area contributed by atoms with E-state index in [1.54, 1.807) is 19.2 Å². The van der Waals surface area contributed by atoms with E-state index >= 15 is 0 Å². The molecule has 0 bridgehead atoms. The van der Waals surface area contributed by atoms with Crippen molar-refractivity contribution >= 4 is 28.8 Å². The summed E-state index contributed by atoms with van der Waals surface area (Å²) in [4.78, 5) is 29.5. The van der Waals surface area contributed by atoms with E-state index in [-0.39, 0.29) is 23.8 Å². The number of benzene rings is 2. The van der Waals surface area contributed by atoms with Crippen LogP contribution in [0.15, 0.2) is 47.4 Å². The largest absolute Gasteiger partial charge is 0.507 e. The fourth-order valence-electron chi connectivity index (χ4n) is 4.95. The molecule has 2 aromatic carbocycles. The summed E-state index contributed by atoms with van der Waals surface area (Å²) in [6.45, 7) is 6.07. The number of rotatable bonds is 9. The molecule has 1 aromatic heterocycles. The van der Waals surface area contributed by atoms with Gasteiger partial charge in [-0.05, 0) is 65.2 Å². The lowest BCUT2D eigenvalue weighted by atomic mass is 9.90. The van der Waals surface area contributed by atoms with Gasteiger partial charge >= 0.3 is 0 Å². The average molecular weight is 552 g/mol. The molecule has 1 fully saturated rings. The van der Waals surface area contributed by atoms with Crippen LogP contribution in [-0.2, 0) is 16.1 Å². The quantitative estimate of drug-likeness (QED) is 0.203. The van der Waals surface area contributed by atoms with E-state index in [2.05, 4.69) is 0 Å². The molecule has 1 aliphatic rings. The van der Waals surface area contributed by atoms with Crippen LogP contribution in [0.25, 0.3) is 5.76 Å². The van der Waals surface area contributed by atoms with Crippen molar-refractivity contribution in [1.29, 1.82) is 0 Å². The molecular formula is C30H33NO7S. The van der Waals surface area contributed by atoms with Crippen LogP contribution in [0.5, 0.6) is 23.0 Å². The summed E-state index contributed by atoms with van der Waals surface area (Å²) in [5.74, 6) is 0.211. The number of hydrogen-bond donors (Lipinski definition) is 1. The topological polar surface area (TPSA) is 94.5 Å². The summed E-state index contributed by atoms with van der Waals surface area (Å²) in [6, 6.07) is 9.95. The third kappa shape index (κ3) is 5.06. The van der Waals surface area contributed by atoms with Crippen molar-refractivity contribution in [2.45, 2.75) is 39.3 Å². The number of nitrogens with zero attached hydrogens (tertiary/aromatic N) is 1. The molecule has 1 N–H and O–H groups in total. The fourth-order valence-corrected chi connectivity index (χ4v) is 5.65. The van der Waals surface area contributed by atoms with Gasteiger partial charge in [0, 0.05) is 10.4 Å². The molecule has 9 heteroatoms. The number of aliphatic hydroxyl groups excluding tert-OH is 1. The van der Waals surface area contributed by atoms with E-state index < -0.39 is 17.7 Å². The molecule has 0 saturated carbocycles. The van der Waals surface area contributed by atoms with Crippen molar-refractivity contribution < 1.29 is 33.6 Å². The zero-order valence-corrected chi connectivity index (χ0v) is 24.0. The summed E-state index contributed by atoms with van der Waals surface area (Å²) in [5.41, 5.74) is 2.58. The van der Waals surface area contributed by atoms with Gasteiger partial charge < -0.3 is 29.0 Å². The number of carbonyl (C=O) groups is 2. The number of carbonyl (C=O) groups excluding carboxylic acids is 2. The lowest BCUT2D eigenvalue weighted by Crippen LogP contribution is -2.29. The number of likely N-dealkylation sites (tertiary alicyclic amines) is 1. The molecule has 1 amide bonds. The van der Waals surface area contributed by atoms with Gasteiger partial charge in [0.05, 0.1) is 46.6 Å². The lowest BCUT2D eigenvalue weighted by molar-refractivity contribution is -0.140. The van der Waals surface area contributed by atoms with Crippen molar-refractivity contribution in [3.05, 3.63) is 74.5 Å². The number of amides is 1. The highest BCUT2D eigenvalue weighted by Gasteiger charge is 2.47. The van der Waals surface area contributed by atoms with Gasteiger partial charge in [-0.15, -0.1) is 11.3 Å². The minimum Gasteiger partial charge on any atom is -0.507 e. The summed E-state index contributed by atoms with van der Waals surface area (Å²) in [5, 5.41) is 13.7. The van der Waals surface area contributed by atoms with Gasteiger partial charge in [-0.1, -0.05) is 19.9 Å². The number of ketones is 1. The smallest absolute Gasteiger partial charge is 0.295 e. The maximum atomic E-state index is 13.6. The fraction of sp³-hybridized carbons (Fsp3) is 0.333. The molecule has 0 aliphatic carbocycles. The molecule has 1 atom stereocenters. The van der Waals surface area contributed by atoms with Crippen molar-refractivity contribution in [2.24, 2.45) is 0 Å². The second-order valence-corrected chi connectivity index (χ2v) is 10.6. The summed E-state index contributed by atoms with van der Waals surface area (Å²) < 4.78 is 22.2. The molecular weight excluding hydrogens is 518 g/mol. The van der Waals surface area contributed by atoms with E-state index in [1.807, 2.05) is 50.4 Å². The Kier molecular flexibility index (Phi) is 8.20. The van der Waals surface area contributed by atoms with Crippen LogP contribution in [0, 0.1) is 6.92 Å². The van der Waals surface area contributed by atoms with Gasteiger partial charge in [-0.3, -0.25) is 9.59 Å².